The zero-order valence-electron chi connectivity index (χ0n) is 15.6. The fourth-order valence-corrected chi connectivity index (χ4v) is 2.47. The smallest absolute Gasteiger partial charge is 0.190 e. The molecule has 7 heteroatoms. The SMILES string of the molecule is CN=C(NCCCOC(C)c1ccccc1)NCCCn1ccnc1.I. The normalized spacial score (nSPS) is 12.3. The first-order valence-electron chi connectivity index (χ1n) is 8.86. The molecule has 2 rings (SSSR count). The Kier molecular flexibility index (Phi) is 11.7. The van der Waals surface area contributed by atoms with Crippen LogP contribution in [-0.4, -0.2) is 42.3 Å². The molecular weight excluding hydrogens is 441 g/mol. The minimum absolute atomic E-state index is 0. The molecule has 6 nitrogen and oxygen atoms in total. The zero-order chi connectivity index (χ0) is 17.7. The molecule has 1 atom stereocenters. The number of aromatic nitrogens is 2. The largest absolute Gasteiger partial charge is 0.374 e. The fourth-order valence-electron chi connectivity index (χ4n) is 2.47. The molecule has 1 heterocycles. The van der Waals surface area contributed by atoms with Crippen molar-refractivity contribution in [2.75, 3.05) is 26.7 Å². The Hall–Kier alpha value is -1.61. The lowest BCUT2D eigenvalue weighted by molar-refractivity contribution is 0.0646. The van der Waals surface area contributed by atoms with Gasteiger partial charge in [0.15, 0.2) is 5.96 Å². The van der Waals surface area contributed by atoms with Gasteiger partial charge < -0.3 is 19.9 Å². The quantitative estimate of drug-likeness (QED) is 0.242. The third-order valence-electron chi connectivity index (χ3n) is 3.92. The molecule has 0 aliphatic carbocycles. The van der Waals surface area contributed by atoms with Crippen molar-refractivity contribution < 1.29 is 4.74 Å². The maximum atomic E-state index is 5.87. The summed E-state index contributed by atoms with van der Waals surface area (Å²) in [5.74, 6) is 0.835. The van der Waals surface area contributed by atoms with Gasteiger partial charge in [0, 0.05) is 45.7 Å². The Morgan fingerprint density at radius 1 is 1.19 bits per heavy atom. The molecule has 0 spiro atoms. The van der Waals surface area contributed by atoms with Crippen molar-refractivity contribution in [1.82, 2.24) is 20.2 Å². The highest BCUT2D eigenvalue weighted by molar-refractivity contribution is 14.0. The van der Waals surface area contributed by atoms with E-state index < -0.39 is 0 Å². The molecule has 2 N–H and O–H groups in total. The second-order valence-corrected chi connectivity index (χ2v) is 5.86. The zero-order valence-corrected chi connectivity index (χ0v) is 17.9. The molecule has 1 aromatic heterocycles. The fraction of sp³-hybridized carbons (Fsp3) is 0.474. The molecule has 0 saturated carbocycles. The predicted octanol–water partition coefficient (Wildman–Crippen LogP) is 3.22. The first kappa shape index (κ1) is 22.4. The third-order valence-corrected chi connectivity index (χ3v) is 3.92. The van der Waals surface area contributed by atoms with Crippen LogP contribution in [0.3, 0.4) is 0 Å². The number of benzene rings is 1. The summed E-state index contributed by atoms with van der Waals surface area (Å²) in [6.07, 6.45) is 7.70. The van der Waals surface area contributed by atoms with Gasteiger partial charge in [-0.1, -0.05) is 30.3 Å². The minimum atomic E-state index is 0. The number of rotatable bonds is 10. The van der Waals surface area contributed by atoms with Crippen LogP contribution in [0.25, 0.3) is 0 Å². The number of aryl methyl sites for hydroxylation is 1. The maximum Gasteiger partial charge on any atom is 0.190 e. The van der Waals surface area contributed by atoms with Gasteiger partial charge in [0.2, 0.25) is 0 Å². The van der Waals surface area contributed by atoms with Gasteiger partial charge in [0.05, 0.1) is 12.4 Å². The van der Waals surface area contributed by atoms with Crippen molar-refractivity contribution >= 4 is 29.9 Å². The maximum absolute atomic E-state index is 5.87. The first-order valence-corrected chi connectivity index (χ1v) is 8.86. The van der Waals surface area contributed by atoms with Gasteiger partial charge in [-0.2, -0.15) is 0 Å². The highest BCUT2D eigenvalue weighted by Gasteiger charge is 2.04. The number of aliphatic imine (C=N–C) groups is 1. The van der Waals surface area contributed by atoms with Crippen molar-refractivity contribution in [1.29, 1.82) is 0 Å². The molecule has 0 radical (unpaired) electrons. The number of ether oxygens (including phenoxy) is 1. The summed E-state index contributed by atoms with van der Waals surface area (Å²) in [6, 6.07) is 10.3. The highest BCUT2D eigenvalue weighted by Crippen LogP contribution is 2.15. The van der Waals surface area contributed by atoms with Crippen LogP contribution in [0.1, 0.15) is 31.4 Å². The Morgan fingerprint density at radius 2 is 1.92 bits per heavy atom. The van der Waals surface area contributed by atoms with Crippen molar-refractivity contribution in [3.8, 4) is 0 Å². The van der Waals surface area contributed by atoms with Crippen molar-refractivity contribution in [3.63, 3.8) is 0 Å². The standard InChI is InChI=1S/C19H29N5O.HI/c1-17(18-8-4-3-5-9-18)25-15-7-11-23-19(20-2)22-10-6-13-24-14-12-21-16-24;/h3-5,8-9,12,14,16-17H,6-7,10-11,13,15H2,1-2H3,(H2,20,22,23);1H. The molecule has 0 aliphatic heterocycles. The number of nitrogens with zero attached hydrogens (tertiary/aromatic N) is 3. The number of hydrogen-bond donors (Lipinski definition) is 2. The van der Waals surface area contributed by atoms with Gasteiger partial charge in [0.25, 0.3) is 0 Å². The summed E-state index contributed by atoms with van der Waals surface area (Å²) in [5.41, 5.74) is 1.21. The van der Waals surface area contributed by atoms with Gasteiger partial charge >= 0.3 is 0 Å². The number of halogens is 1. The average Bonchev–Trinajstić information content (AvgIpc) is 3.17. The number of nitrogens with one attached hydrogen (secondary N) is 2. The molecule has 2 aromatic rings. The molecule has 26 heavy (non-hydrogen) atoms. The first-order chi connectivity index (χ1) is 12.3. The summed E-state index contributed by atoms with van der Waals surface area (Å²) >= 11 is 0. The highest BCUT2D eigenvalue weighted by atomic mass is 127. The summed E-state index contributed by atoms with van der Waals surface area (Å²) in [7, 11) is 1.79. The third kappa shape index (κ3) is 8.66. The van der Waals surface area contributed by atoms with E-state index in [1.54, 1.807) is 13.2 Å². The van der Waals surface area contributed by atoms with Crippen molar-refractivity contribution in [3.05, 3.63) is 54.6 Å². The Bertz CT molecular complexity index is 604. The van der Waals surface area contributed by atoms with E-state index in [1.807, 2.05) is 30.7 Å². The van der Waals surface area contributed by atoms with Crippen LogP contribution in [0.4, 0.5) is 0 Å². The van der Waals surface area contributed by atoms with E-state index in [9.17, 15) is 0 Å². The van der Waals surface area contributed by atoms with Crippen LogP contribution in [0, 0.1) is 0 Å². The average molecular weight is 471 g/mol. The molecule has 0 saturated heterocycles. The van der Waals surface area contributed by atoms with Crippen LogP contribution in [-0.2, 0) is 11.3 Å². The molecule has 0 aliphatic rings. The van der Waals surface area contributed by atoms with Crippen molar-refractivity contribution in [2.45, 2.75) is 32.4 Å². The lowest BCUT2D eigenvalue weighted by Gasteiger charge is -2.15. The van der Waals surface area contributed by atoms with E-state index in [4.69, 9.17) is 4.74 Å². The molecule has 1 aromatic carbocycles. The van der Waals surface area contributed by atoms with E-state index in [0.717, 1.165) is 45.0 Å². The predicted molar refractivity (Wildman–Crippen MR) is 117 cm³/mol. The lowest BCUT2D eigenvalue weighted by atomic mass is 10.1. The Balaban J connectivity index is 0.00000338. The molecule has 144 valence electrons. The van der Waals surface area contributed by atoms with E-state index in [1.165, 1.54) is 5.56 Å². The number of guanidine groups is 1. The van der Waals surface area contributed by atoms with Gasteiger partial charge in [-0.25, -0.2) is 4.98 Å². The summed E-state index contributed by atoms with van der Waals surface area (Å²) < 4.78 is 7.95. The topological polar surface area (TPSA) is 63.5 Å². The Morgan fingerprint density at radius 3 is 2.58 bits per heavy atom. The van der Waals surface area contributed by atoms with E-state index in [0.29, 0.717) is 0 Å². The van der Waals surface area contributed by atoms with Gasteiger partial charge in [0.1, 0.15) is 0 Å². The van der Waals surface area contributed by atoms with Crippen LogP contribution < -0.4 is 10.6 Å². The van der Waals surface area contributed by atoms with Crippen LogP contribution in [0.2, 0.25) is 0 Å². The second kappa shape index (κ2) is 13.6. The van der Waals surface area contributed by atoms with Crippen LogP contribution in [0.15, 0.2) is 54.0 Å². The lowest BCUT2D eigenvalue weighted by Crippen LogP contribution is -2.38. The van der Waals surface area contributed by atoms with E-state index in [2.05, 4.69) is 44.2 Å². The molecule has 0 bridgehead atoms. The second-order valence-electron chi connectivity index (χ2n) is 5.86. The molecular formula is C19H30IN5O. The van der Waals surface area contributed by atoms with E-state index in [-0.39, 0.29) is 30.1 Å². The minimum Gasteiger partial charge on any atom is -0.374 e. The monoisotopic (exact) mass is 471 g/mol. The van der Waals surface area contributed by atoms with Gasteiger partial charge in [-0.3, -0.25) is 4.99 Å². The summed E-state index contributed by atoms with van der Waals surface area (Å²) in [4.78, 5) is 8.27. The summed E-state index contributed by atoms with van der Waals surface area (Å²) in [5, 5.41) is 6.64. The summed E-state index contributed by atoms with van der Waals surface area (Å²) in [6.45, 7) is 5.47. The van der Waals surface area contributed by atoms with Crippen LogP contribution >= 0.6 is 24.0 Å². The van der Waals surface area contributed by atoms with Crippen LogP contribution in [0.5, 0.6) is 0 Å². The number of imidazole rings is 1. The molecule has 0 fully saturated rings. The Labute approximate surface area is 173 Å². The van der Waals surface area contributed by atoms with Gasteiger partial charge in [-0.15, -0.1) is 24.0 Å². The number of hydrogen-bond acceptors (Lipinski definition) is 3. The van der Waals surface area contributed by atoms with E-state index >= 15 is 0 Å². The van der Waals surface area contributed by atoms with Gasteiger partial charge in [-0.05, 0) is 25.3 Å². The van der Waals surface area contributed by atoms with Crippen molar-refractivity contribution in [2.24, 2.45) is 4.99 Å². The molecule has 1 unspecified atom stereocenters. The molecule has 0 amide bonds.